The van der Waals surface area contributed by atoms with E-state index in [1.54, 1.807) is 12.1 Å². The van der Waals surface area contributed by atoms with Crippen molar-refractivity contribution in [2.24, 2.45) is 0 Å². The zero-order valence-corrected chi connectivity index (χ0v) is 13.8. The number of halogens is 1. The lowest BCUT2D eigenvalue weighted by atomic mass is 10.1. The Morgan fingerprint density at radius 1 is 1.05 bits per heavy atom. The monoisotopic (exact) mass is 310 g/mol. The molecule has 1 aromatic rings. The summed E-state index contributed by atoms with van der Waals surface area (Å²) in [7, 11) is 0. The molecule has 0 bridgehead atoms. The van der Waals surface area contributed by atoms with Crippen LogP contribution in [-0.2, 0) is 0 Å². The SMILES string of the molecule is CCCCCCCCCCNC(=S)Nc1cccc(F)c1. The van der Waals surface area contributed by atoms with Crippen molar-refractivity contribution in [1.82, 2.24) is 5.32 Å². The van der Waals surface area contributed by atoms with Crippen LogP contribution in [0.4, 0.5) is 10.1 Å². The highest BCUT2D eigenvalue weighted by Crippen LogP contribution is 2.09. The van der Waals surface area contributed by atoms with Crippen LogP contribution in [0.15, 0.2) is 24.3 Å². The third kappa shape index (κ3) is 9.40. The van der Waals surface area contributed by atoms with E-state index in [0.29, 0.717) is 10.8 Å². The average molecular weight is 310 g/mol. The van der Waals surface area contributed by atoms with E-state index in [-0.39, 0.29) is 5.82 Å². The molecule has 0 fully saturated rings. The molecule has 0 atom stereocenters. The Hall–Kier alpha value is -1.16. The largest absolute Gasteiger partial charge is 0.362 e. The normalized spacial score (nSPS) is 10.4. The van der Waals surface area contributed by atoms with Crippen LogP contribution in [0.25, 0.3) is 0 Å². The number of rotatable bonds is 10. The molecular formula is C17H27FN2S. The molecule has 0 saturated heterocycles. The zero-order valence-electron chi connectivity index (χ0n) is 13.0. The van der Waals surface area contributed by atoms with Gasteiger partial charge in [-0.25, -0.2) is 4.39 Å². The van der Waals surface area contributed by atoms with Crippen LogP contribution in [0.3, 0.4) is 0 Å². The molecule has 4 heteroatoms. The molecule has 0 radical (unpaired) electrons. The Morgan fingerprint density at radius 3 is 2.38 bits per heavy atom. The van der Waals surface area contributed by atoms with Gasteiger partial charge in [0.15, 0.2) is 5.11 Å². The molecule has 1 rings (SSSR count). The molecule has 21 heavy (non-hydrogen) atoms. The molecule has 0 spiro atoms. The van der Waals surface area contributed by atoms with Gasteiger partial charge < -0.3 is 10.6 Å². The molecule has 0 unspecified atom stereocenters. The summed E-state index contributed by atoms with van der Waals surface area (Å²) in [5, 5.41) is 6.71. The van der Waals surface area contributed by atoms with E-state index < -0.39 is 0 Å². The molecular weight excluding hydrogens is 283 g/mol. The fraction of sp³-hybridized carbons (Fsp3) is 0.588. The Labute approximate surface area is 133 Å². The summed E-state index contributed by atoms with van der Waals surface area (Å²) in [6.07, 6.45) is 10.4. The first kappa shape index (κ1) is 17.9. The summed E-state index contributed by atoms with van der Waals surface area (Å²) < 4.78 is 13.0. The second-order valence-corrected chi connectivity index (χ2v) is 5.77. The van der Waals surface area contributed by atoms with E-state index in [2.05, 4.69) is 17.6 Å². The van der Waals surface area contributed by atoms with E-state index in [1.807, 2.05) is 0 Å². The van der Waals surface area contributed by atoms with Crippen molar-refractivity contribution in [1.29, 1.82) is 0 Å². The summed E-state index contributed by atoms with van der Waals surface area (Å²) in [5.41, 5.74) is 0.684. The first-order valence-corrected chi connectivity index (χ1v) is 8.43. The van der Waals surface area contributed by atoms with E-state index in [0.717, 1.165) is 13.0 Å². The lowest BCUT2D eigenvalue weighted by Crippen LogP contribution is -2.29. The highest BCUT2D eigenvalue weighted by Gasteiger charge is 1.98. The molecule has 2 nitrogen and oxygen atoms in total. The summed E-state index contributed by atoms with van der Waals surface area (Å²) >= 11 is 5.18. The Kier molecular flexibility index (Phi) is 9.79. The van der Waals surface area contributed by atoms with Gasteiger partial charge in [-0.3, -0.25) is 0 Å². The third-order valence-corrected chi connectivity index (χ3v) is 3.64. The van der Waals surface area contributed by atoms with E-state index in [9.17, 15) is 4.39 Å². The van der Waals surface area contributed by atoms with Gasteiger partial charge in [-0.2, -0.15) is 0 Å². The van der Waals surface area contributed by atoms with Gasteiger partial charge in [-0.15, -0.1) is 0 Å². The van der Waals surface area contributed by atoms with E-state index >= 15 is 0 Å². The second kappa shape index (κ2) is 11.5. The van der Waals surface area contributed by atoms with Crippen molar-refractivity contribution < 1.29 is 4.39 Å². The standard InChI is InChI=1S/C17H27FN2S/c1-2-3-4-5-6-7-8-9-13-19-17(21)20-16-12-10-11-15(18)14-16/h10-12,14H,2-9,13H2,1H3,(H2,19,20,21). The van der Waals surface area contributed by atoms with Crippen LogP contribution in [0.1, 0.15) is 58.3 Å². The maximum atomic E-state index is 13.0. The van der Waals surface area contributed by atoms with Crippen LogP contribution in [0.2, 0.25) is 0 Å². The molecule has 0 aromatic heterocycles. The van der Waals surface area contributed by atoms with E-state index in [4.69, 9.17) is 12.2 Å². The van der Waals surface area contributed by atoms with Gasteiger partial charge in [0.1, 0.15) is 5.82 Å². The topological polar surface area (TPSA) is 24.1 Å². The Bertz CT molecular complexity index is 410. The number of thiocarbonyl (C=S) groups is 1. The minimum absolute atomic E-state index is 0.258. The molecule has 0 heterocycles. The van der Waals surface area contributed by atoms with Crippen molar-refractivity contribution in [2.75, 3.05) is 11.9 Å². The van der Waals surface area contributed by atoms with Crippen molar-refractivity contribution in [2.45, 2.75) is 58.3 Å². The van der Waals surface area contributed by atoms with Crippen LogP contribution in [-0.4, -0.2) is 11.7 Å². The van der Waals surface area contributed by atoms with Gasteiger partial charge in [0.25, 0.3) is 0 Å². The number of anilines is 1. The maximum absolute atomic E-state index is 13.0. The van der Waals surface area contributed by atoms with Gasteiger partial charge in [-0.1, -0.05) is 57.9 Å². The lowest BCUT2D eigenvalue weighted by Gasteiger charge is -2.10. The second-order valence-electron chi connectivity index (χ2n) is 5.37. The smallest absolute Gasteiger partial charge is 0.170 e. The molecule has 2 N–H and O–H groups in total. The van der Waals surface area contributed by atoms with E-state index in [1.165, 1.54) is 57.1 Å². The first-order chi connectivity index (χ1) is 10.2. The Morgan fingerprint density at radius 2 is 1.71 bits per heavy atom. The van der Waals surface area contributed by atoms with Crippen molar-refractivity contribution in [3.63, 3.8) is 0 Å². The maximum Gasteiger partial charge on any atom is 0.170 e. The predicted octanol–water partition coefficient (Wildman–Crippen LogP) is 5.25. The number of unbranched alkanes of at least 4 members (excludes halogenated alkanes) is 7. The summed E-state index contributed by atoms with van der Waals surface area (Å²) in [6.45, 7) is 3.11. The zero-order chi connectivity index (χ0) is 15.3. The third-order valence-electron chi connectivity index (χ3n) is 3.40. The fourth-order valence-corrected chi connectivity index (χ4v) is 2.42. The summed E-state index contributed by atoms with van der Waals surface area (Å²) in [4.78, 5) is 0. The van der Waals surface area contributed by atoms with Crippen molar-refractivity contribution in [3.05, 3.63) is 30.1 Å². The fourth-order valence-electron chi connectivity index (χ4n) is 2.20. The highest BCUT2D eigenvalue weighted by atomic mass is 32.1. The van der Waals surface area contributed by atoms with Gasteiger partial charge in [0, 0.05) is 12.2 Å². The number of hydrogen-bond acceptors (Lipinski definition) is 1. The van der Waals surface area contributed by atoms with Crippen molar-refractivity contribution in [3.8, 4) is 0 Å². The first-order valence-electron chi connectivity index (χ1n) is 8.03. The van der Waals surface area contributed by atoms with Gasteiger partial charge in [-0.05, 0) is 36.8 Å². The van der Waals surface area contributed by atoms with Crippen LogP contribution in [0.5, 0.6) is 0 Å². The number of hydrogen-bond donors (Lipinski definition) is 2. The van der Waals surface area contributed by atoms with Gasteiger partial charge >= 0.3 is 0 Å². The molecule has 1 aromatic carbocycles. The van der Waals surface area contributed by atoms with Crippen LogP contribution >= 0.6 is 12.2 Å². The lowest BCUT2D eigenvalue weighted by molar-refractivity contribution is 0.573. The van der Waals surface area contributed by atoms with Gasteiger partial charge in [0.05, 0.1) is 0 Å². The quantitative estimate of drug-likeness (QED) is 0.456. The minimum atomic E-state index is -0.258. The summed E-state index contributed by atoms with van der Waals surface area (Å²) in [6, 6.07) is 6.32. The minimum Gasteiger partial charge on any atom is -0.362 e. The van der Waals surface area contributed by atoms with Crippen LogP contribution < -0.4 is 10.6 Å². The van der Waals surface area contributed by atoms with Gasteiger partial charge in [0.2, 0.25) is 0 Å². The highest BCUT2D eigenvalue weighted by molar-refractivity contribution is 7.80. The Balaban J connectivity index is 1.99. The molecule has 0 aliphatic heterocycles. The molecule has 0 aliphatic rings. The number of benzene rings is 1. The molecule has 118 valence electrons. The molecule has 0 aliphatic carbocycles. The number of nitrogens with one attached hydrogen (secondary N) is 2. The molecule has 0 amide bonds. The van der Waals surface area contributed by atoms with Crippen LogP contribution in [0, 0.1) is 5.82 Å². The summed E-state index contributed by atoms with van der Waals surface area (Å²) in [5.74, 6) is -0.258. The average Bonchev–Trinajstić information content (AvgIpc) is 2.45. The van der Waals surface area contributed by atoms with Crippen molar-refractivity contribution >= 4 is 23.0 Å². The molecule has 0 saturated carbocycles. The predicted molar refractivity (Wildman–Crippen MR) is 93.2 cm³/mol.